The van der Waals surface area contributed by atoms with Gasteiger partial charge in [0, 0.05) is 11.3 Å². The predicted octanol–water partition coefficient (Wildman–Crippen LogP) is 5.06. The fraction of sp³-hybridized carbons (Fsp3) is 0.185. The number of aromatic hydroxyl groups is 1. The third kappa shape index (κ3) is 3.98. The van der Waals surface area contributed by atoms with Gasteiger partial charge in [-0.25, -0.2) is 0 Å². The summed E-state index contributed by atoms with van der Waals surface area (Å²) < 4.78 is 11.2. The molecule has 5 rings (SSSR count). The monoisotopic (exact) mass is 491 g/mol. The van der Waals surface area contributed by atoms with Crippen molar-refractivity contribution in [1.82, 2.24) is 0 Å². The lowest BCUT2D eigenvalue weighted by atomic mass is 9.94. The van der Waals surface area contributed by atoms with Gasteiger partial charge in [-0.3, -0.25) is 14.5 Å². The van der Waals surface area contributed by atoms with Crippen LogP contribution in [0.4, 0.5) is 5.69 Å². The van der Waals surface area contributed by atoms with E-state index in [1.807, 2.05) is 19.9 Å². The van der Waals surface area contributed by atoms with Crippen molar-refractivity contribution < 1.29 is 29.3 Å². The molecule has 0 aliphatic carbocycles. The summed E-state index contributed by atoms with van der Waals surface area (Å²) in [5, 5.41) is 21.3. The molecular weight excluding hydrogens is 470 g/mol. The molecule has 2 N–H and O–H groups in total. The van der Waals surface area contributed by atoms with Crippen LogP contribution in [0, 0.1) is 13.8 Å². The van der Waals surface area contributed by atoms with Gasteiger partial charge in [-0.15, -0.1) is 0 Å². The third-order valence-corrected chi connectivity index (χ3v) is 6.33. The number of fused-ring (bicyclic) bond motifs is 1. The molecule has 3 aromatic rings. The van der Waals surface area contributed by atoms with Crippen LogP contribution in [-0.2, 0) is 9.59 Å². The van der Waals surface area contributed by atoms with Gasteiger partial charge < -0.3 is 19.7 Å². The van der Waals surface area contributed by atoms with E-state index in [2.05, 4.69) is 0 Å². The summed E-state index contributed by atoms with van der Waals surface area (Å²) in [4.78, 5) is 28.1. The molecule has 1 unspecified atom stereocenters. The second-order valence-corrected chi connectivity index (χ2v) is 8.99. The molecule has 1 saturated heterocycles. The van der Waals surface area contributed by atoms with Crippen molar-refractivity contribution in [3.8, 4) is 17.2 Å². The number of hydrogen-bond donors (Lipinski definition) is 2. The lowest BCUT2D eigenvalue weighted by molar-refractivity contribution is -0.132. The molecular formula is C27H22ClNO6. The number of ketones is 1. The highest BCUT2D eigenvalue weighted by molar-refractivity contribution is 6.51. The van der Waals surface area contributed by atoms with Gasteiger partial charge in [0.1, 0.15) is 24.7 Å². The molecule has 0 bridgehead atoms. The summed E-state index contributed by atoms with van der Waals surface area (Å²) in [6, 6.07) is 13.9. The molecule has 2 aliphatic rings. The second-order valence-electron chi connectivity index (χ2n) is 8.58. The number of anilines is 1. The Bertz CT molecular complexity index is 1390. The van der Waals surface area contributed by atoms with Crippen LogP contribution in [0.5, 0.6) is 17.2 Å². The highest BCUT2D eigenvalue weighted by Gasteiger charge is 2.47. The number of nitrogens with zero attached hydrogens (tertiary/aromatic N) is 1. The maximum atomic E-state index is 13.4. The molecule has 0 spiro atoms. The van der Waals surface area contributed by atoms with Crippen LogP contribution in [0.25, 0.3) is 5.76 Å². The van der Waals surface area contributed by atoms with E-state index < -0.39 is 17.7 Å². The van der Waals surface area contributed by atoms with Gasteiger partial charge in [0.25, 0.3) is 11.7 Å². The smallest absolute Gasteiger partial charge is 0.300 e. The lowest BCUT2D eigenvalue weighted by Gasteiger charge is -2.26. The Balaban J connectivity index is 1.72. The highest BCUT2D eigenvalue weighted by atomic mass is 35.5. The van der Waals surface area contributed by atoms with E-state index in [-0.39, 0.29) is 22.1 Å². The number of rotatable bonds is 3. The van der Waals surface area contributed by atoms with E-state index >= 15 is 0 Å². The largest absolute Gasteiger partial charge is 0.507 e. The van der Waals surface area contributed by atoms with Crippen molar-refractivity contribution in [1.29, 1.82) is 0 Å². The maximum Gasteiger partial charge on any atom is 0.300 e. The first kappa shape index (κ1) is 22.8. The average Bonchev–Trinajstić information content (AvgIpc) is 3.10. The molecule has 0 aromatic heterocycles. The molecule has 1 atom stereocenters. The Labute approximate surface area is 206 Å². The predicted molar refractivity (Wildman–Crippen MR) is 131 cm³/mol. The highest BCUT2D eigenvalue weighted by Crippen LogP contribution is 2.44. The first-order chi connectivity index (χ1) is 16.7. The molecule has 0 radical (unpaired) electrons. The molecule has 3 aromatic carbocycles. The van der Waals surface area contributed by atoms with Crippen LogP contribution in [0.1, 0.15) is 28.3 Å². The minimum absolute atomic E-state index is 0.0628. The maximum absolute atomic E-state index is 13.4. The van der Waals surface area contributed by atoms with Crippen molar-refractivity contribution in [3.63, 3.8) is 0 Å². The van der Waals surface area contributed by atoms with Crippen LogP contribution in [-0.4, -0.2) is 35.1 Å². The van der Waals surface area contributed by atoms with Gasteiger partial charge in [-0.1, -0.05) is 23.7 Å². The summed E-state index contributed by atoms with van der Waals surface area (Å²) in [6.07, 6.45) is 0. The van der Waals surface area contributed by atoms with E-state index in [0.29, 0.717) is 41.5 Å². The van der Waals surface area contributed by atoms with Crippen molar-refractivity contribution in [2.45, 2.75) is 19.9 Å². The zero-order chi connectivity index (χ0) is 24.9. The van der Waals surface area contributed by atoms with Gasteiger partial charge in [-0.05, 0) is 73.0 Å². The summed E-state index contributed by atoms with van der Waals surface area (Å²) >= 11 is 6.19. The van der Waals surface area contributed by atoms with Crippen LogP contribution in [0.3, 0.4) is 0 Å². The van der Waals surface area contributed by atoms with Crippen LogP contribution >= 0.6 is 11.6 Å². The first-order valence-corrected chi connectivity index (χ1v) is 11.4. The number of phenolic OH excluding ortho intramolecular Hbond substituents is 1. The van der Waals surface area contributed by atoms with Crippen molar-refractivity contribution in [3.05, 3.63) is 87.4 Å². The van der Waals surface area contributed by atoms with E-state index in [4.69, 9.17) is 21.1 Å². The Morgan fingerprint density at radius 1 is 0.943 bits per heavy atom. The quantitative estimate of drug-likeness (QED) is 0.302. The normalized spacial score (nSPS) is 18.7. The standard InChI is InChI=1S/C27H22ClNO6/c1-14-9-15(2)11-18(10-14)29-24(16-3-5-20(30)19(28)12-16)23(26(32)27(29)33)25(31)17-4-6-21-22(13-17)35-8-7-34-21/h3-6,9-13,24,30-31H,7-8H2,1-2H3/b25-23-. The lowest BCUT2D eigenvalue weighted by Crippen LogP contribution is -2.29. The topological polar surface area (TPSA) is 96.3 Å². The number of aryl methyl sites for hydroxylation is 2. The number of phenols is 1. The Kier molecular flexibility index (Phi) is 5.65. The van der Waals surface area contributed by atoms with E-state index in [0.717, 1.165) is 11.1 Å². The number of ether oxygens (including phenoxy) is 2. The number of aliphatic hydroxyl groups excluding tert-OH is 1. The summed E-state index contributed by atoms with van der Waals surface area (Å²) in [7, 11) is 0. The first-order valence-electron chi connectivity index (χ1n) is 11.0. The second kappa shape index (κ2) is 8.67. The molecule has 0 saturated carbocycles. The SMILES string of the molecule is Cc1cc(C)cc(N2C(=O)C(=O)/C(=C(\O)c3ccc4c(c3)OCCO4)C2c2ccc(O)c(Cl)c2)c1. The number of amides is 1. The van der Waals surface area contributed by atoms with Gasteiger partial charge in [-0.2, -0.15) is 0 Å². The number of carbonyl (C=O) groups excluding carboxylic acids is 2. The number of hydrogen-bond acceptors (Lipinski definition) is 6. The van der Waals surface area contributed by atoms with E-state index in [1.165, 1.54) is 17.0 Å². The third-order valence-electron chi connectivity index (χ3n) is 6.03. The zero-order valence-electron chi connectivity index (χ0n) is 19.0. The number of benzene rings is 3. The van der Waals surface area contributed by atoms with Crippen molar-refractivity contribution in [2.75, 3.05) is 18.1 Å². The van der Waals surface area contributed by atoms with Crippen LogP contribution in [0.2, 0.25) is 5.02 Å². The van der Waals surface area contributed by atoms with E-state index in [9.17, 15) is 19.8 Å². The number of Topliss-reactive ketones (excluding diaryl/α,β-unsaturated/α-hetero) is 1. The zero-order valence-corrected chi connectivity index (χ0v) is 19.8. The molecule has 1 amide bonds. The summed E-state index contributed by atoms with van der Waals surface area (Å²) in [5.41, 5.74) is 3.02. The van der Waals surface area contributed by atoms with Gasteiger partial charge in [0.05, 0.1) is 16.6 Å². The van der Waals surface area contributed by atoms with Gasteiger partial charge in [0.15, 0.2) is 11.5 Å². The average molecular weight is 492 g/mol. The molecule has 178 valence electrons. The minimum atomic E-state index is -0.970. The van der Waals surface area contributed by atoms with Crippen LogP contribution < -0.4 is 14.4 Å². The Morgan fingerprint density at radius 3 is 2.31 bits per heavy atom. The van der Waals surface area contributed by atoms with Crippen LogP contribution in [0.15, 0.2) is 60.2 Å². The van der Waals surface area contributed by atoms with Gasteiger partial charge >= 0.3 is 0 Å². The van der Waals surface area contributed by atoms with Crippen molar-refractivity contribution in [2.24, 2.45) is 0 Å². The number of aliphatic hydroxyl groups is 1. The molecule has 2 aliphatic heterocycles. The molecule has 7 nitrogen and oxygen atoms in total. The van der Waals surface area contributed by atoms with Crippen molar-refractivity contribution >= 4 is 34.7 Å². The fourth-order valence-corrected chi connectivity index (χ4v) is 4.73. The molecule has 35 heavy (non-hydrogen) atoms. The molecule has 1 fully saturated rings. The van der Waals surface area contributed by atoms with Gasteiger partial charge in [0.2, 0.25) is 0 Å². The minimum Gasteiger partial charge on any atom is -0.507 e. The molecule has 2 heterocycles. The summed E-state index contributed by atoms with van der Waals surface area (Å²) in [5.74, 6) is -1.11. The van der Waals surface area contributed by atoms with E-state index in [1.54, 1.807) is 36.4 Å². The molecule has 8 heteroatoms. The number of halogens is 1. The Morgan fingerprint density at radius 2 is 1.63 bits per heavy atom. The Hall–Kier alpha value is -3.97. The number of carbonyl (C=O) groups is 2. The summed E-state index contributed by atoms with van der Waals surface area (Å²) in [6.45, 7) is 4.57. The fourth-order valence-electron chi connectivity index (χ4n) is 4.54.